The van der Waals surface area contributed by atoms with Gasteiger partial charge in [0.05, 0.1) is 0 Å². The first-order valence-corrected chi connectivity index (χ1v) is 9.95. The Hall–Kier alpha value is -3.03. The van der Waals surface area contributed by atoms with E-state index >= 15 is 0 Å². The molecule has 0 unspecified atom stereocenters. The molecule has 144 valence electrons. The monoisotopic (exact) mass is 377 g/mol. The second kappa shape index (κ2) is 6.85. The van der Waals surface area contributed by atoms with Gasteiger partial charge in [0.25, 0.3) is 5.91 Å². The Morgan fingerprint density at radius 3 is 2.75 bits per heavy atom. The second-order valence-electron chi connectivity index (χ2n) is 7.62. The largest absolute Gasteiger partial charge is 0.368 e. The molecule has 1 amide bonds. The molecule has 0 aromatic carbocycles. The number of carbonyl (C=O) groups excluding carboxylic acids is 1. The molecule has 8 nitrogen and oxygen atoms in total. The van der Waals surface area contributed by atoms with Crippen LogP contribution < -0.4 is 5.73 Å². The summed E-state index contributed by atoms with van der Waals surface area (Å²) < 4.78 is 2.05. The van der Waals surface area contributed by atoms with Crippen molar-refractivity contribution >= 4 is 17.5 Å². The van der Waals surface area contributed by atoms with Crippen molar-refractivity contribution in [1.29, 1.82) is 0 Å². The number of nitrogens with two attached hydrogens (primary N) is 1. The summed E-state index contributed by atoms with van der Waals surface area (Å²) in [6.07, 6.45) is 7.63. The molecule has 1 aliphatic carbocycles. The summed E-state index contributed by atoms with van der Waals surface area (Å²) in [6, 6.07) is 5.90. The number of pyridine rings is 1. The molecule has 0 radical (unpaired) electrons. The highest BCUT2D eigenvalue weighted by atomic mass is 16.2. The molecule has 5 rings (SSSR count). The van der Waals surface area contributed by atoms with Crippen molar-refractivity contribution in [3.63, 3.8) is 0 Å². The van der Waals surface area contributed by atoms with Crippen molar-refractivity contribution in [1.82, 2.24) is 29.5 Å². The van der Waals surface area contributed by atoms with Gasteiger partial charge in [0.2, 0.25) is 5.95 Å². The van der Waals surface area contributed by atoms with Crippen LogP contribution in [0.2, 0.25) is 0 Å². The van der Waals surface area contributed by atoms with Gasteiger partial charge in [-0.1, -0.05) is 6.07 Å². The highest BCUT2D eigenvalue weighted by Crippen LogP contribution is 2.29. The first-order chi connectivity index (χ1) is 13.7. The molecular weight excluding hydrogens is 354 g/mol. The summed E-state index contributed by atoms with van der Waals surface area (Å²) in [5, 5.41) is 8.64. The number of hydrogen-bond acceptors (Lipinski definition) is 6. The maximum Gasteiger partial charge on any atom is 0.272 e. The number of rotatable bonds is 2. The zero-order chi connectivity index (χ0) is 19.1. The quantitative estimate of drug-likeness (QED) is 0.733. The van der Waals surface area contributed by atoms with Crippen molar-refractivity contribution in [3.05, 3.63) is 47.2 Å². The average Bonchev–Trinajstić information content (AvgIpc) is 3.17. The number of nitrogen functional groups attached to an aromatic ring is 1. The lowest BCUT2D eigenvalue weighted by molar-refractivity contribution is 0.0703. The summed E-state index contributed by atoms with van der Waals surface area (Å²) in [7, 11) is 0. The lowest BCUT2D eigenvalue weighted by Gasteiger charge is -2.32. The molecular formula is C20H23N7O. The standard InChI is InChI=1S/C20H23N7O/c21-20-22-15-6-2-1-5-14(15)17(23-20)19(28)26-11-8-13(9-12-26)18-25-24-16-7-3-4-10-27(16)18/h3-4,7,10,13H,1-2,5-6,8-9,11-12H2,(H2,21,22,23). The first kappa shape index (κ1) is 17.1. The van der Waals surface area contributed by atoms with Crippen molar-refractivity contribution in [2.24, 2.45) is 0 Å². The lowest BCUT2D eigenvalue weighted by atomic mass is 9.93. The number of nitrogens with zero attached hydrogens (tertiary/aromatic N) is 6. The van der Waals surface area contributed by atoms with E-state index < -0.39 is 0 Å². The summed E-state index contributed by atoms with van der Waals surface area (Å²) in [4.78, 5) is 23.8. The molecule has 2 N–H and O–H groups in total. The molecule has 4 heterocycles. The molecule has 3 aromatic rings. The van der Waals surface area contributed by atoms with E-state index in [9.17, 15) is 4.79 Å². The van der Waals surface area contributed by atoms with Crippen molar-refractivity contribution in [3.8, 4) is 0 Å². The number of aromatic nitrogens is 5. The van der Waals surface area contributed by atoms with Gasteiger partial charge in [-0.2, -0.15) is 0 Å². The molecule has 0 saturated carbocycles. The van der Waals surface area contributed by atoms with E-state index in [1.54, 1.807) is 0 Å². The van der Waals surface area contributed by atoms with E-state index in [1.807, 2.05) is 33.7 Å². The van der Waals surface area contributed by atoms with E-state index in [2.05, 4.69) is 20.2 Å². The lowest BCUT2D eigenvalue weighted by Crippen LogP contribution is -2.39. The Balaban J connectivity index is 1.35. The van der Waals surface area contributed by atoms with Gasteiger partial charge in [0.1, 0.15) is 11.5 Å². The highest BCUT2D eigenvalue weighted by molar-refractivity contribution is 5.94. The van der Waals surface area contributed by atoms with Gasteiger partial charge in [-0.25, -0.2) is 9.97 Å². The van der Waals surface area contributed by atoms with Crippen LogP contribution in [0.5, 0.6) is 0 Å². The maximum atomic E-state index is 13.2. The fourth-order valence-corrected chi connectivity index (χ4v) is 4.42. The molecule has 1 saturated heterocycles. The van der Waals surface area contributed by atoms with E-state index in [0.717, 1.165) is 61.3 Å². The molecule has 2 aliphatic rings. The van der Waals surface area contributed by atoms with E-state index in [1.165, 1.54) is 0 Å². The molecule has 0 bridgehead atoms. The highest BCUT2D eigenvalue weighted by Gasteiger charge is 2.30. The van der Waals surface area contributed by atoms with Gasteiger partial charge in [-0.05, 0) is 50.7 Å². The third-order valence-corrected chi connectivity index (χ3v) is 5.89. The van der Waals surface area contributed by atoms with Crippen LogP contribution >= 0.6 is 0 Å². The fourth-order valence-electron chi connectivity index (χ4n) is 4.42. The van der Waals surface area contributed by atoms with Gasteiger partial charge >= 0.3 is 0 Å². The third-order valence-electron chi connectivity index (χ3n) is 5.89. The third kappa shape index (κ3) is 2.89. The molecule has 28 heavy (non-hydrogen) atoms. The minimum absolute atomic E-state index is 0.0169. The molecule has 8 heteroatoms. The maximum absolute atomic E-state index is 13.2. The molecule has 0 atom stereocenters. The number of amides is 1. The van der Waals surface area contributed by atoms with Crippen LogP contribution in [0, 0.1) is 0 Å². The number of anilines is 1. The van der Waals surface area contributed by atoms with Gasteiger partial charge in [0, 0.05) is 36.5 Å². The van der Waals surface area contributed by atoms with Crippen LogP contribution in [0.3, 0.4) is 0 Å². The summed E-state index contributed by atoms with van der Waals surface area (Å²) in [5.41, 5.74) is 9.19. The van der Waals surface area contributed by atoms with E-state index in [4.69, 9.17) is 5.73 Å². The smallest absolute Gasteiger partial charge is 0.272 e. The van der Waals surface area contributed by atoms with Crippen LogP contribution in [0.15, 0.2) is 24.4 Å². The van der Waals surface area contributed by atoms with Crippen LogP contribution in [0.25, 0.3) is 5.65 Å². The van der Waals surface area contributed by atoms with Crippen LogP contribution in [-0.2, 0) is 12.8 Å². The van der Waals surface area contributed by atoms with Gasteiger partial charge in [-0.15, -0.1) is 10.2 Å². The Bertz CT molecular complexity index is 1040. The Kier molecular flexibility index (Phi) is 4.18. The first-order valence-electron chi connectivity index (χ1n) is 9.95. The summed E-state index contributed by atoms with van der Waals surface area (Å²) in [5.74, 6) is 1.46. The van der Waals surface area contributed by atoms with E-state index in [-0.39, 0.29) is 11.9 Å². The predicted molar refractivity (Wildman–Crippen MR) is 104 cm³/mol. The SMILES string of the molecule is Nc1nc2c(c(C(=O)N3CCC(c4nnc5ccccn45)CC3)n1)CCCC2. The zero-order valence-corrected chi connectivity index (χ0v) is 15.7. The van der Waals surface area contributed by atoms with Crippen LogP contribution in [-0.4, -0.2) is 48.5 Å². The molecule has 0 spiro atoms. The zero-order valence-electron chi connectivity index (χ0n) is 15.7. The number of fused-ring (bicyclic) bond motifs is 2. The molecule has 1 fully saturated rings. The summed E-state index contributed by atoms with van der Waals surface area (Å²) >= 11 is 0. The van der Waals surface area contributed by atoms with Crippen molar-refractivity contribution in [2.45, 2.75) is 44.4 Å². The fraction of sp³-hybridized carbons (Fsp3) is 0.450. The summed E-state index contributed by atoms with van der Waals surface area (Å²) in [6.45, 7) is 1.37. The number of piperidine rings is 1. The normalized spacial score (nSPS) is 17.6. The van der Waals surface area contributed by atoms with Gasteiger partial charge < -0.3 is 10.6 Å². The minimum atomic E-state index is -0.0169. The van der Waals surface area contributed by atoms with Crippen LogP contribution in [0.4, 0.5) is 5.95 Å². The Morgan fingerprint density at radius 2 is 1.89 bits per heavy atom. The second-order valence-corrected chi connectivity index (χ2v) is 7.62. The number of carbonyl (C=O) groups is 1. The molecule has 1 aliphatic heterocycles. The van der Waals surface area contributed by atoms with Crippen molar-refractivity contribution < 1.29 is 4.79 Å². The van der Waals surface area contributed by atoms with Crippen molar-refractivity contribution in [2.75, 3.05) is 18.8 Å². The van der Waals surface area contributed by atoms with E-state index in [0.29, 0.717) is 24.7 Å². The van der Waals surface area contributed by atoms with Crippen LogP contribution in [0.1, 0.15) is 59.2 Å². The predicted octanol–water partition coefficient (Wildman–Crippen LogP) is 2.00. The average molecular weight is 377 g/mol. The van der Waals surface area contributed by atoms with Gasteiger partial charge in [-0.3, -0.25) is 9.20 Å². The molecule has 3 aromatic heterocycles. The minimum Gasteiger partial charge on any atom is -0.368 e. The number of likely N-dealkylation sites (tertiary alicyclic amines) is 1. The topological polar surface area (TPSA) is 102 Å². The Morgan fingerprint density at radius 1 is 1.07 bits per heavy atom. The number of hydrogen-bond donors (Lipinski definition) is 1. The Labute approximate surface area is 162 Å². The number of aryl methyl sites for hydroxylation is 1. The van der Waals surface area contributed by atoms with Gasteiger partial charge in [0.15, 0.2) is 5.65 Å².